The standard InChI is InChI=1S/C23H28N2O4/c1-15-10-11-19(13-18(15)4)23(28)24-14-21(27)29-12-6-9-20(26)25-22-16(2)7-5-8-17(22)3/h5,7-8,10-11,13H,6,9,12,14H2,1-4H3,(H,24,28)(H,25,26). The van der Waals surface area contributed by atoms with Crippen LogP contribution in [0.1, 0.15) is 45.5 Å². The number of amides is 2. The van der Waals surface area contributed by atoms with Gasteiger partial charge in [-0.2, -0.15) is 0 Å². The SMILES string of the molecule is Cc1ccc(C(=O)NCC(=O)OCCCC(=O)Nc2c(C)cccc2C)cc1C. The average Bonchev–Trinajstić information content (AvgIpc) is 2.68. The first kappa shape index (κ1) is 22.1. The molecule has 0 atom stereocenters. The number of esters is 1. The molecule has 2 rings (SSSR count). The van der Waals surface area contributed by atoms with Gasteiger partial charge < -0.3 is 15.4 Å². The van der Waals surface area contributed by atoms with Gasteiger partial charge >= 0.3 is 5.97 Å². The third kappa shape index (κ3) is 6.75. The summed E-state index contributed by atoms with van der Waals surface area (Å²) in [5.41, 5.74) is 5.45. The zero-order valence-electron chi connectivity index (χ0n) is 17.4. The van der Waals surface area contributed by atoms with E-state index in [4.69, 9.17) is 4.74 Å². The maximum absolute atomic E-state index is 12.1. The van der Waals surface area contributed by atoms with Crippen molar-refractivity contribution >= 4 is 23.5 Å². The molecule has 0 unspecified atom stereocenters. The molecule has 154 valence electrons. The highest BCUT2D eigenvalue weighted by Gasteiger charge is 2.11. The maximum atomic E-state index is 12.1. The van der Waals surface area contributed by atoms with Crippen LogP contribution in [0, 0.1) is 27.7 Å². The number of ether oxygens (including phenoxy) is 1. The molecule has 0 saturated heterocycles. The highest BCUT2D eigenvalue weighted by Crippen LogP contribution is 2.19. The lowest BCUT2D eigenvalue weighted by Crippen LogP contribution is -2.30. The van der Waals surface area contributed by atoms with Crippen LogP contribution < -0.4 is 10.6 Å². The largest absolute Gasteiger partial charge is 0.464 e. The highest BCUT2D eigenvalue weighted by molar-refractivity contribution is 5.96. The van der Waals surface area contributed by atoms with Gasteiger partial charge in [-0.05, 0) is 68.5 Å². The lowest BCUT2D eigenvalue weighted by atomic mass is 10.1. The Hall–Kier alpha value is -3.15. The van der Waals surface area contributed by atoms with Crippen LogP contribution in [-0.4, -0.2) is 30.9 Å². The number of aryl methyl sites for hydroxylation is 4. The molecule has 0 aliphatic heterocycles. The Balaban J connectivity index is 1.67. The van der Waals surface area contributed by atoms with Crippen molar-refractivity contribution in [1.29, 1.82) is 0 Å². The Morgan fingerprint density at radius 3 is 2.24 bits per heavy atom. The molecule has 0 spiro atoms. The van der Waals surface area contributed by atoms with Crippen molar-refractivity contribution in [2.24, 2.45) is 0 Å². The van der Waals surface area contributed by atoms with Gasteiger partial charge in [0.25, 0.3) is 5.91 Å². The van der Waals surface area contributed by atoms with E-state index in [1.165, 1.54) is 0 Å². The molecule has 0 aliphatic carbocycles. The molecule has 6 nitrogen and oxygen atoms in total. The summed E-state index contributed by atoms with van der Waals surface area (Å²) >= 11 is 0. The molecule has 0 saturated carbocycles. The summed E-state index contributed by atoms with van der Waals surface area (Å²) in [5.74, 6) is -0.975. The third-order valence-corrected chi connectivity index (χ3v) is 4.72. The number of hydrogen-bond donors (Lipinski definition) is 2. The van der Waals surface area contributed by atoms with E-state index in [1.54, 1.807) is 12.1 Å². The average molecular weight is 396 g/mol. The van der Waals surface area contributed by atoms with Crippen LogP contribution in [0.5, 0.6) is 0 Å². The van der Waals surface area contributed by atoms with Crippen LogP contribution in [0.25, 0.3) is 0 Å². The van der Waals surface area contributed by atoms with Gasteiger partial charge in [0.05, 0.1) is 6.61 Å². The first-order chi connectivity index (χ1) is 13.8. The van der Waals surface area contributed by atoms with Gasteiger partial charge in [0.1, 0.15) is 6.54 Å². The molecular formula is C23H28N2O4. The minimum absolute atomic E-state index is 0.124. The monoisotopic (exact) mass is 396 g/mol. The topological polar surface area (TPSA) is 84.5 Å². The Morgan fingerprint density at radius 1 is 0.897 bits per heavy atom. The van der Waals surface area contributed by atoms with Crippen LogP contribution in [0.4, 0.5) is 5.69 Å². The molecule has 0 aromatic heterocycles. The number of rotatable bonds is 8. The molecule has 0 bridgehead atoms. The van der Waals surface area contributed by atoms with Crippen molar-refractivity contribution in [2.75, 3.05) is 18.5 Å². The molecule has 29 heavy (non-hydrogen) atoms. The minimum atomic E-state index is -0.530. The normalized spacial score (nSPS) is 10.3. The molecule has 2 amide bonds. The van der Waals surface area contributed by atoms with E-state index in [0.717, 1.165) is 27.9 Å². The van der Waals surface area contributed by atoms with Crippen LogP contribution in [-0.2, 0) is 14.3 Å². The number of carbonyl (C=O) groups is 3. The van der Waals surface area contributed by atoms with Gasteiger partial charge in [-0.1, -0.05) is 24.3 Å². The number of benzene rings is 2. The van der Waals surface area contributed by atoms with E-state index < -0.39 is 5.97 Å². The quantitative estimate of drug-likeness (QED) is 0.527. The van der Waals surface area contributed by atoms with Crippen molar-refractivity contribution in [1.82, 2.24) is 5.32 Å². The third-order valence-electron chi connectivity index (χ3n) is 4.72. The summed E-state index contributed by atoms with van der Waals surface area (Å²) in [6, 6.07) is 11.2. The van der Waals surface area contributed by atoms with Crippen LogP contribution in [0.3, 0.4) is 0 Å². The summed E-state index contributed by atoms with van der Waals surface area (Å²) in [6.07, 6.45) is 0.656. The fourth-order valence-corrected chi connectivity index (χ4v) is 2.82. The molecule has 0 radical (unpaired) electrons. The number of carbonyl (C=O) groups excluding carboxylic acids is 3. The lowest BCUT2D eigenvalue weighted by molar-refractivity contribution is -0.142. The number of para-hydroxylation sites is 1. The van der Waals surface area contributed by atoms with Gasteiger partial charge in [-0.15, -0.1) is 0 Å². The van der Waals surface area contributed by atoms with Crippen molar-refractivity contribution in [3.8, 4) is 0 Å². The minimum Gasteiger partial charge on any atom is -0.464 e. The van der Waals surface area contributed by atoms with Gasteiger partial charge in [0, 0.05) is 17.7 Å². The van der Waals surface area contributed by atoms with Crippen molar-refractivity contribution < 1.29 is 19.1 Å². The predicted molar refractivity (Wildman–Crippen MR) is 113 cm³/mol. The fourth-order valence-electron chi connectivity index (χ4n) is 2.82. The molecule has 0 fully saturated rings. The second-order valence-corrected chi connectivity index (χ2v) is 7.12. The number of hydrogen-bond acceptors (Lipinski definition) is 4. The second kappa shape index (κ2) is 10.4. The molecule has 2 aromatic rings. The number of nitrogens with one attached hydrogen (secondary N) is 2. The van der Waals surface area contributed by atoms with Gasteiger partial charge in [0.15, 0.2) is 0 Å². The molecule has 2 aromatic carbocycles. The fraction of sp³-hybridized carbons (Fsp3) is 0.348. The summed E-state index contributed by atoms with van der Waals surface area (Å²) in [7, 11) is 0. The van der Waals surface area contributed by atoms with E-state index in [2.05, 4.69) is 10.6 Å². The highest BCUT2D eigenvalue weighted by atomic mass is 16.5. The van der Waals surface area contributed by atoms with Crippen molar-refractivity contribution in [3.05, 3.63) is 64.2 Å². The zero-order chi connectivity index (χ0) is 21.4. The number of anilines is 1. The predicted octanol–water partition coefficient (Wildman–Crippen LogP) is 3.61. The van der Waals surface area contributed by atoms with Crippen molar-refractivity contribution in [3.63, 3.8) is 0 Å². The Morgan fingerprint density at radius 2 is 1.59 bits per heavy atom. The van der Waals surface area contributed by atoms with Crippen molar-refractivity contribution in [2.45, 2.75) is 40.5 Å². The molecule has 6 heteroatoms. The van der Waals surface area contributed by atoms with Crippen LogP contribution >= 0.6 is 0 Å². The molecule has 0 heterocycles. The summed E-state index contributed by atoms with van der Waals surface area (Å²) < 4.78 is 5.09. The van der Waals surface area contributed by atoms with E-state index in [1.807, 2.05) is 52.0 Å². The molecule has 0 aliphatic rings. The Kier molecular flexibility index (Phi) is 7.95. The summed E-state index contributed by atoms with van der Waals surface area (Å²) in [4.78, 5) is 36.0. The maximum Gasteiger partial charge on any atom is 0.325 e. The van der Waals surface area contributed by atoms with Gasteiger partial charge in [0.2, 0.25) is 5.91 Å². The first-order valence-electron chi connectivity index (χ1n) is 9.65. The second-order valence-electron chi connectivity index (χ2n) is 7.12. The van der Waals surface area contributed by atoms with E-state index in [0.29, 0.717) is 12.0 Å². The summed E-state index contributed by atoms with van der Waals surface area (Å²) in [6.45, 7) is 7.69. The molecule has 2 N–H and O–H groups in total. The van der Waals surface area contributed by atoms with E-state index in [-0.39, 0.29) is 31.4 Å². The smallest absolute Gasteiger partial charge is 0.325 e. The van der Waals surface area contributed by atoms with E-state index >= 15 is 0 Å². The molecular weight excluding hydrogens is 368 g/mol. The van der Waals surface area contributed by atoms with Gasteiger partial charge in [-0.3, -0.25) is 14.4 Å². The zero-order valence-corrected chi connectivity index (χ0v) is 17.4. The first-order valence-corrected chi connectivity index (χ1v) is 9.65. The Labute approximate surface area is 171 Å². The lowest BCUT2D eigenvalue weighted by Gasteiger charge is -2.11. The Bertz CT molecular complexity index is 885. The van der Waals surface area contributed by atoms with Crippen LogP contribution in [0.15, 0.2) is 36.4 Å². The van der Waals surface area contributed by atoms with Gasteiger partial charge in [-0.25, -0.2) is 0 Å². The summed E-state index contributed by atoms with van der Waals surface area (Å²) in [5, 5.41) is 5.44. The van der Waals surface area contributed by atoms with E-state index in [9.17, 15) is 14.4 Å². The van der Waals surface area contributed by atoms with Crippen LogP contribution in [0.2, 0.25) is 0 Å².